The van der Waals surface area contributed by atoms with Crippen LogP contribution in [0.2, 0.25) is 0 Å². The lowest BCUT2D eigenvalue weighted by atomic mass is 10.2. The van der Waals surface area contributed by atoms with Crippen molar-refractivity contribution >= 4 is 5.91 Å². The molecule has 2 N–H and O–H groups in total. The molecule has 1 fully saturated rings. The highest BCUT2D eigenvalue weighted by Gasteiger charge is 2.24. The van der Waals surface area contributed by atoms with Gasteiger partial charge in [-0.1, -0.05) is 12.1 Å². The van der Waals surface area contributed by atoms with Crippen LogP contribution < -0.4 is 5.32 Å². The van der Waals surface area contributed by atoms with E-state index in [2.05, 4.69) is 5.32 Å². The van der Waals surface area contributed by atoms with Crippen LogP contribution in [-0.4, -0.2) is 48.8 Å². The third kappa shape index (κ3) is 3.21. The first-order valence-corrected chi connectivity index (χ1v) is 6.02. The molecule has 5 heteroatoms. The fourth-order valence-electron chi connectivity index (χ4n) is 1.92. The Morgan fingerprint density at radius 3 is 2.83 bits per heavy atom. The van der Waals surface area contributed by atoms with E-state index in [0.29, 0.717) is 19.7 Å². The van der Waals surface area contributed by atoms with Crippen molar-refractivity contribution in [3.63, 3.8) is 0 Å². The molecular formula is C13H18N2O3. The molecule has 0 aromatic heterocycles. The number of nitrogens with one attached hydrogen (secondary N) is 1. The summed E-state index contributed by atoms with van der Waals surface area (Å²) < 4.78 is 5.42. The number of ether oxygens (including phenoxy) is 1. The van der Waals surface area contributed by atoms with E-state index in [1.54, 1.807) is 36.2 Å². The van der Waals surface area contributed by atoms with E-state index >= 15 is 0 Å². The molecular weight excluding hydrogens is 232 g/mol. The van der Waals surface area contributed by atoms with Gasteiger partial charge in [-0.25, -0.2) is 0 Å². The van der Waals surface area contributed by atoms with Gasteiger partial charge in [0.2, 0.25) is 0 Å². The molecule has 1 atom stereocenters. The molecule has 1 amide bonds. The minimum absolute atomic E-state index is 0.0183. The topological polar surface area (TPSA) is 61.8 Å². The molecule has 0 bridgehead atoms. The Morgan fingerprint density at radius 1 is 1.50 bits per heavy atom. The smallest absolute Gasteiger partial charge is 0.253 e. The Balaban J connectivity index is 1.92. The third-order valence-electron chi connectivity index (χ3n) is 2.94. The van der Waals surface area contributed by atoms with Gasteiger partial charge in [0.15, 0.2) is 0 Å². The van der Waals surface area contributed by atoms with Gasteiger partial charge in [0, 0.05) is 26.7 Å². The van der Waals surface area contributed by atoms with E-state index in [0.717, 1.165) is 12.1 Å². The number of carbonyl (C=O) groups is 1. The molecule has 1 unspecified atom stereocenters. The lowest BCUT2D eigenvalue weighted by Gasteiger charge is -2.27. The number of hydrogen-bond acceptors (Lipinski definition) is 4. The second-order valence-electron chi connectivity index (χ2n) is 4.42. The van der Waals surface area contributed by atoms with Gasteiger partial charge >= 0.3 is 0 Å². The molecule has 18 heavy (non-hydrogen) atoms. The van der Waals surface area contributed by atoms with Crippen molar-refractivity contribution in [2.24, 2.45) is 0 Å². The summed E-state index contributed by atoms with van der Waals surface area (Å²) in [5.74, 6) is 0.211. The van der Waals surface area contributed by atoms with Crippen LogP contribution in [0.15, 0.2) is 24.3 Å². The molecule has 1 aromatic rings. The quantitative estimate of drug-likeness (QED) is 0.812. The second-order valence-corrected chi connectivity index (χ2v) is 4.42. The lowest BCUT2D eigenvalue weighted by Crippen LogP contribution is -2.48. The number of hydrogen-bond donors (Lipinski definition) is 2. The van der Waals surface area contributed by atoms with E-state index in [-0.39, 0.29) is 17.8 Å². The highest BCUT2D eigenvalue weighted by molar-refractivity contribution is 5.81. The number of likely N-dealkylation sites (N-methyl/N-ethyl adjacent to an activating group) is 1. The number of phenolic OH excluding ortho intramolecular Hbond substituents is 1. The monoisotopic (exact) mass is 250 g/mol. The maximum Gasteiger partial charge on any atom is 0.253 e. The van der Waals surface area contributed by atoms with Crippen molar-refractivity contribution in [1.82, 2.24) is 10.2 Å². The normalized spacial score (nSPS) is 19.5. The molecule has 0 saturated carbocycles. The van der Waals surface area contributed by atoms with Crippen molar-refractivity contribution in [1.29, 1.82) is 0 Å². The van der Waals surface area contributed by atoms with Gasteiger partial charge in [0.05, 0.1) is 6.61 Å². The van der Waals surface area contributed by atoms with Crippen LogP contribution in [0, 0.1) is 0 Å². The molecule has 1 aliphatic heterocycles. The summed E-state index contributed by atoms with van der Waals surface area (Å²) in [7, 11) is 1.76. The van der Waals surface area contributed by atoms with Gasteiger partial charge in [-0.2, -0.15) is 0 Å². The van der Waals surface area contributed by atoms with Crippen LogP contribution >= 0.6 is 0 Å². The molecule has 1 aliphatic rings. The summed E-state index contributed by atoms with van der Waals surface area (Å²) in [5.41, 5.74) is 0.979. The van der Waals surface area contributed by atoms with E-state index < -0.39 is 0 Å². The molecule has 1 saturated heterocycles. The van der Waals surface area contributed by atoms with E-state index in [1.807, 2.05) is 0 Å². The van der Waals surface area contributed by atoms with Crippen LogP contribution in [0.4, 0.5) is 0 Å². The van der Waals surface area contributed by atoms with E-state index in [1.165, 1.54) is 0 Å². The lowest BCUT2D eigenvalue weighted by molar-refractivity contribution is -0.144. The Hall–Kier alpha value is -1.59. The van der Waals surface area contributed by atoms with Crippen LogP contribution in [0.5, 0.6) is 5.75 Å². The number of rotatable bonds is 3. The predicted octanol–water partition coefficient (Wildman–Crippen LogP) is 0.339. The zero-order chi connectivity index (χ0) is 13.0. The van der Waals surface area contributed by atoms with Gasteiger partial charge in [-0.3, -0.25) is 4.79 Å². The number of phenols is 1. The number of amides is 1. The first kappa shape index (κ1) is 12.9. The highest BCUT2D eigenvalue weighted by atomic mass is 16.5. The van der Waals surface area contributed by atoms with Crippen LogP contribution in [0.3, 0.4) is 0 Å². The summed E-state index contributed by atoms with van der Waals surface area (Å²) in [6, 6.07) is 6.84. The molecule has 5 nitrogen and oxygen atoms in total. The third-order valence-corrected chi connectivity index (χ3v) is 2.94. The largest absolute Gasteiger partial charge is 0.508 e. The number of aromatic hydroxyl groups is 1. The number of nitrogens with zero attached hydrogens (tertiary/aromatic N) is 1. The van der Waals surface area contributed by atoms with Gasteiger partial charge < -0.3 is 20.1 Å². The molecule has 0 radical (unpaired) electrons. The van der Waals surface area contributed by atoms with Crippen molar-refractivity contribution in [2.75, 3.05) is 26.7 Å². The van der Waals surface area contributed by atoms with Crippen LogP contribution in [0.25, 0.3) is 0 Å². The van der Waals surface area contributed by atoms with Crippen molar-refractivity contribution in [2.45, 2.75) is 12.6 Å². The van der Waals surface area contributed by atoms with Gasteiger partial charge in [-0.15, -0.1) is 0 Å². The fourth-order valence-corrected chi connectivity index (χ4v) is 1.92. The zero-order valence-corrected chi connectivity index (χ0v) is 10.4. The maximum absolute atomic E-state index is 12.1. The van der Waals surface area contributed by atoms with Gasteiger partial charge in [0.25, 0.3) is 5.91 Å². The Morgan fingerprint density at radius 2 is 2.22 bits per heavy atom. The minimum atomic E-state index is -0.388. The Labute approximate surface area is 106 Å². The molecule has 2 rings (SSSR count). The molecule has 98 valence electrons. The Kier molecular flexibility index (Phi) is 4.17. The number of carbonyl (C=O) groups excluding carboxylic acids is 1. The first-order chi connectivity index (χ1) is 8.66. The summed E-state index contributed by atoms with van der Waals surface area (Å²) in [6.45, 7) is 2.45. The molecule has 1 aromatic carbocycles. The second kappa shape index (κ2) is 5.84. The van der Waals surface area contributed by atoms with Gasteiger partial charge in [0.1, 0.15) is 11.9 Å². The van der Waals surface area contributed by atoms with Crippen molar-refractivity contribution in [3.8, 4) is 5.75 Å². The zero-order valence-electron chi connectivity index (χ0n) is 10.4. The molecule has 1 heterocycles. The van der Waals surface area contributed by atoms with E-state index in [4.69, 9.17) is 4.74 Å². The highest BCUT2D eigenvalue weighted by Crippen LogP contribution is 2.12. The predicted molar refractivity (Wildman–Crippen MR) is 67.2 cm³/mol. The summed E-state index contributed by atoms with van der Waals surface area (Å²) in [5, 5.41) is 12.3. The maximum atomic E-state index is 12.1. The summed E-state index contributed by atoms with van der Waals surface area (Å²) in [6.07, 6.45) is -0.388. The van der Waals surface area contributed by atoms with Crippen LogP contribution in [0.1, 0.15) is 5.56 Å². The summed E-state index contributed by atoms with van der Waals surface area (Å²) >= 11 is 0. The van der Waals surface area contributed by atoms with Crippen molar-refractivity contribution in [3.05, 3.63) is 29.8 Å². The molecule has 0 aliphatic carbocycles. The fraction of sp³-hybridized carbons (Fsp3) is 0.462. The average Bonchev–Trinajstić information content (AvgIpc) is 2.41. The number of benzene rings is 1. The van der Waals surface area contributed by atoms with Crippen molar-refractivity contribution < 1.29 is 14.6 Å². The van der Waals surface area contributed by atoms with Gasteiger partial charge in [-0.05, 0) is 17.7 Å². The average molecular weight is 250 g/mol. The van der Waals surface area contributed by atoms with Crippen LogP contribution in [-0.2, 0) is 16.1 Å². The Bertz CT molecular complexity index is 399. The minimum Gasteiger partial charge on any atom is -0.508 e. The standard InChI is InChI=1S/C13H18N2O3/c1-15(9-10-2-4-11(16)5-3-10)13(17)12-8-14-6-7-18-12/h2-5,12,14,16H,6-9H2,1H3. The summed E-state index contributed by atoms with van der Waals surface area (Å²) in [4.78, 5) is 13.7. The first-order valence-electron chi connectivity index (χ1n) is 6.02. The number of morpholine rings is 1. The van der Waals surface area contributed by atoms with E-state index in [9.17, 15) is 9.90 Å². The SMILES string of the molecule is CN(Cc1ccc(O)cc1)C(=O)C1CNCCO1. The molecule has 0 spiro atoms.